The van der Waals surface area contributed by atoms with Gasteiger partial charge >= 0.3 is 11.9 Å². The van der Waals surface area contributed by atoms with Gasteiger partial charge in [-0.2, -0.15) is 13.2 Å². The van der Waals surface area contributed by atoms with Crippen LogP contribution in [-0.4, -0.2) is 50.4 Å². The minimum atomic E-state index is -4.60. The molecule has 8 nitrogen and oxygen atoms in total. The van der Waals surface area contributed by atoms with Gasteiger partial charge in [-0.1, -0.05) is 0 Å². The number of aromatic nitrogens is 5. The van der Waals surface area contributed by atoms with Crippen LogP contribution in [0.4, 0.5) is 13.2 Å². The van der Waals surface area contributed by atoms with Crippen LogP contribution in [0.5, 0.6) is 0 Å². The summed E-state index contributed by atoms with van der Waals surface area (Å²) in [5.74, 6) is 0. The fraction of sp³-hybridized carbons (Fsp3) is 0.316. The van der Waals surface area contributed by atoms with Crippen molar-refractivity contribution in [1.82, 2.24) is 24.5 Å². The van der Waals surface area contributed by atoms with Crippen molar-refractivity contribution < 1.29 is 22.6 Å². The number of rotatable bonds is 3. The second kappa shape index (κ2) is 6.96. The average Bonchev–Trinajstić information content (AvgIpc) is 3.31. The lowest BCUT2D eigenvalue weighted by Gasteiger charge is -2.23. The lowest BCUT2D eigenvalue weighted by Crippen LogP contribution is -2.34. The second-order valence-corrected chi connectivity index (χ2v) is 6.98. The number of imidazole rings is 1. The summed E-state index contributed by atoms with van der Waals surface area (Å²) in [7, 11) is 0. The average molecular weight is 419 g/mol. The maximum atomic E-state index is 13.9. The largest absolute Gasteiger partial charge is 0.417 e. The minimum Gasteiger partial charge on any atom is -0.376 e. The van der Waals surface area contributed by atoms with Crippen LogP contribution >= 0.6 is 0 Å². The van der Waals surface area contributed by atoms with Gasteiger partial charge in [0.1, 0.15) is 5.65 Å². The van der Waals surface area contributed by atoms with E-state index in [4.69, 9.17) is 9.47 Å². The van der Waals surface area contributed by atoms with E-state index in [1.807, 2.05) is 0 Å². The van der Waals surface area contributed by atoms with Crippen molar-refractivity contribution in [2.45, 2.75) is 18.8 Å². The molecule has 30 heavy (non-hydrogen) atoms. The van der Waals surface area contributed by atoms with Crippen LogP contribution in [0.3, 0.4) is 0 Å². The Hall–Kier alpha value is -3.18. The van der Waals surface area contributed by atoms with Crippen LogP contribution in [0.25, 0.3) is 33.3 Å². The molecular formula is C19H16F3N5O3. The van der Waals surface area contributed by atoms with Gasteiger partial charge in [0.2, 0.25) is 0 Å². The molecule has 1 saturated heterocycles. The molecule has 0 radical (unpaired) electrons. The Labute approximate surface area is 166 Å². The van der Waals surface area contributed by atoms with E-state index in [-0.39, 0.29) is 40.5 Å². The van der Waals surface area contributed by atoms with E-state index in [2.05, 4.69) is 19.9 Å². The molecule has 0 saturated carbocycles. The first-order valence-corrected chi connectivity index (χ1v) is 9.23. The zero-order valence-corrected chi connectivity index (χ0v) is 15.5. The SMILES string of the molecule is O=c1[nH]c2ncc(-c3cnc4[nH]ccc4c3C(F)(F)F)cc2n1C[C@H]1COCCO1. The summed E-state index contributed by atoms with van der Waals surface area (Å²) in [5.41, 5.74) is -0.311. The Kier molecular flexibility index (Phi) is 4.36. The molecule has 11 heteroatoms. The third kappa shape index (κ3) is 3.15. The fourth-order valence-corrected chi connectivity index (χ4v) is 3.74. The number of fused-ring (bicyclic) bond motifs is 2. The molecule has 4 aromatic rings. The van der Waals surface area contributed by atoms with E-state index in [0.717, 1.165) is 6.20 Å². The van der Waals surface area contributed by atoms with Gasteiger partial charge in [-0.05, 0) is 12.1 Å². The maximum Gasteiger partial charge on any atom is 0.417 e. The summed E-state index contributed by atoms with van der Waals surface area (Å²) in [6.45, 7) is 1.44. The molecule has 2 N–H and O–H groups in total. The molecule has 0 unspecified atom stereocenters. The van der Waals surface area contributed by atoms with Crippen LogP contribution in [-0.2, 0) is 22.2 Å². The third-order valence-corrected chi connectivity index (χ3v) is 5.08. The molecule has 0 aliphatic carbocycles. The van der Waals surface area contributed by atoms with E-state index >= 15 is 0 Å². The van der Waals surface area contributed by atoms with Crippen molar-refractivity contribution in [2.24, 2.45) is 0 Å². The van der Waals surface area contributed by atoms with Crippen LogP contribution in [0.15, 0.2) is 35.5 Å². The molecule has 1 aliphatic heterocycles. The molecule has 1 atom stereocenters. The Morgan fingerprint density at radius 3 is 2.80 bits per heavy atom. The van der Waals surface area contributed by atoms with Gasteiger partial charge in [-0.3, -0.25) is 9.55 Å². The molecule has 0 bridgehead atoms. The number of pyridine rings is 2. The Balaban J connectivity index is 1.65. The molecule has 4 aromatic heterocycles. The zero-order chi connectivity index (χ0) is 20.9. The number of ether oxygens (including phenoxy) is 2. The second-order valence-electron chi connectivity index (χ2n) is 6.98. The first-order valence-electron chi connectivity index (χ1n) is 9.23. The van der Waals surface area contributed by atoms with Crippen LogP contribution in [0.1, 0.15) is 5.56 Å². The monoisotopic (exact) mass is 419 g/mol. The van der Waals surface area contributed by atoms with E-state index in [1.165, 1.54) is 29.1 Å². The van der Waals surface area contributed by atoms with Crippen LogP contribution in [0.2, 0.25) is 0 Å². The van der Waals surface area contributed by atoms with E-state index in [0.29, 0.717) is 25.3 Å². The lowest BCUT2D eigenvalue weighted by atomic mass is 10.0. The normalized spacial score (nSPS) is 17.8. The topological polar surface area (TPSA) is 97.8 Å². The number of nitrogens with zero attached hydrogens (tertiary/aromatic N) is 3. The minimum absolute atomic E-state index is 0.0284. The summed E-state index contributed by atoms with van der Waals surface area (Å²) >= 11 is 0. The number of hydrogen-bond donors (Lipinski definition) is 2. The molecule has 0 amide bonds. The number of H-pyrrole nitrogens is 2. The van der Waals surface area contributed by atoms with E-state index in [1.54, 1.807) is 0 Å². The standard InChI is InChI=1S/C19H16F3N5O3/c20-19(21,22)15-12-1-2-23-16(12)25-7-13(15)10-5-14-17(24-6-10)26-18(28)27(14)8-11-9-29-3-4-30-11/h1-2,5-7,11H,3-4,8-9H2,(H,23,25)(H,24,26,28)/t11-/m0/s1. The Morgan fingerprint density at radius 1 is 1.20 bits per heavy atom. The van der Waals surface area contributed by atoms with E-state index in [9.17, 15) is 18.0 Å². The highest BCUT2D eigenvalue weighted by Gasteiger charge is 2.36. The summed E-state index contributed by atoms with van der Waals surface area (Å²) in [4.78, 5) is 26.0. The van der Waals surface area contributed by atoms with E-state index < -0.39 is 17.4 Å². The lowest BCUT2D eigenvalue weighted by molar-refractivity contribution is -0.135. The maximum absolute atomic E-state index is 13.9. The van der Waals surface area contributed by atoms with Crippen molar-refractivity contribution in [2.75, 3.05) is 19.8 Å². The highest BCUT2D eigenvalue weighted by atomic mass is 19.4. The molecule has 0 spiro atoms. The van der Waals surface area contributed by atoms with Crippen molar-refractivity contribution in [3.8, 4) is 11.1 Å². The molecule has 0 aromatic carbocycles. The smallest absolute Gasteiger partial charge is 0.376 e. The van der Waals surface area contributed by atoms with Crippen LogP contribution in [0, 0.1) is 0 Å². The summed E-state index contributed by atoms with van der Waals surface area (Å²) in [6.07, 6.45) is -1.05. The quantitative estimate of drug-likeness (QED) is 0.532. The number of aromatic amines is 2. The molecule has 1 fully saturated rings. The van der Waals surface area contributed by atoms with Gasteiger partial charge in [0, 0.05) is 35.1 Å². The number of halogens is 3. The Morgan fingerprint density at radius 2 is 2.03 bits per heavy atom. The van der Waals surface area contributed by atoms with Crippen molar-refractivity contribution in [1.29, 1.82) is 0 Å². The predicted molar refractivity (Wildman–Crippen MR) is 101 cm³/mol. The van der Waals surface area contributed by atoms with Gasteiger partial charge in [0.05, 0.1) is 43.5 Å². The van der Waals surface area contributed by atoms with Gasteiger partial charge in [0.15, 0.2) is 5.65 Å². The molecular weight excluding hydrogens is 403 g/mol. The number of alkyl halides is 3. The van der Waals surface area contributed by atoms with Crippen LogP contribution < -0.4 is 5.69 Å². The summed E-state index contributed by atoms with van der Waals surface area (Å²) < 4.78 is 54.0. The summed E-state index contributed by atoms with van der Waals surface area (Å²) in [6, 6.07) is 2.85. The van der Waals surface area contributed by atoms with Crippen molar-refractivity contribution in [3.05, 3.63) is 46.8 Å². The fourth-order valence-electron chi connectivity index (χ4n) is 3.74. The van der Waals surface area contributed by atoms with Gasteiger partial charge in [0.25, 0.3) is 0 Å². The molecule has 156 valence electrons. The van der Waals surface area contributed by atoms with Crippen molar-refractivity contribution >= 4 is 22.2 Å². The molecule has 1 aliphatic rings. The Bertz CT molecular complexity index is 1280. The summed E-state index contributed by atoms with van der Waals surface area (Å²) in [5, 5.41) is -0.0284. The first kappa shape index (κ1) is 18.8. The predicted octanol–water partition coefficient (Wildman–Crippen LogP) is 2.70. The van der Waals surface area contributed by atoms with Gasteiger partial charge in [-0.15, -0.1) is 0 Å². The molecule has 5 rings (SSSR count). The third-order valence-electron chi connectivity index (χ3n) is 5.08. The number of nitrogens with one attached hydrogen (secondary N) is 2. The highest BCUT2D eigenvalue weighted by molar-refractivity contribution is 5.89. The highest BCUT2D eigenvalue weighted by Crippen LogP contribution is 2.41. The molecule has 5 heterocycles. The van der Waals surface area contributed by atoms with Crippen molar-refractivity contribution in [3.63, 3.8) is 0 Å². The van der Waals surface area contributed by atoms with Gasteiger partial charge < -0.3 is 14.5 Å². The van der Waals surface area contributed by atoms with Gasteiger partial charge in [-0.25, -0.2) is 14.8 Å². The number of hydrogen-bond acceptors (Lipinski definition) is 5. The zero-order valence-electron chi connectivity index (χ0n) is 15.5. The first-order chi connectivity index (χ1) is 14.4.